The van der Waals surface area contributed by atoms with Gasteiger partial charge in [-0.1, -0.05) is 36.4 Å². The fraction of sp³-hybridized carbons (Fsp3) is 0.304. The molecule has 1 saturated heterocycles. The molecular formula is C23H23NO5. The number of para-hydroxylation sites is 1. The van der Waals surface area contributed by atoms with Crippen molar-refractivity contribution < 1.29 is 18.7 Å². The lowest BCUT2D eigenvalue weighted by Crippen LogP contribution is -2.49. The lowest BCUT2D eigenvalue weighted by Gasteiger charge is -2.31. The molecule has 3 aromatic rings. The van der Waals surface area contributed by atoms with E-state index >= 15 is 0 Å². The fourth-order valence-electron chi connectivity index (χ4n) is 3.71. The summed E-state index contributed by atoms with van der Waals surface area (Å²) in [4.78, 5) is 26.0. The summed E-state index contributed by atoms with van der Waals surface area (Å²) in [6.07, 6.45) is 0.449. The molecule has 0 radical (unpaired) electrons. The molecule has 0 spiro atoms. The van der Waals surface area contributed by atoms with Crippen molar-refractivity contribution in [3.8, 4) is 11.3 Å². The Balaban J connectivity index is 1.78. The van der Waals surface area contributed by atoms with E-state index in [0.717, 1.165) is 5.56 Å². The van der Waals surface area contributed by atoms with Crippen LogP contribution in [0.2, 0.25) is 0 Å². The Bertz CT molecular complexity index is 1090. The molecule has 0 saturated carbocycles. The monoisotopic (exact) mass is 393 g/mol. The molecule has 1 aliphatic heterocycles. The summed E-state index contributed by atoms with van der Waals surface area (Å²) >= 11 is 0. The Labute approximate surface area is 168 Å². The van der Waals surface area contributed by atoms with Crippen molar-refractivity contribution >= 4 is 16.9 Å². The van der Waals surface area contributed by atoms with Crippen LogP contribution in [0.1, 0.15) is 22.3 Å². The summed E-state index contributed by atoms with van der Waals surface area (Å²) < 4.78 is 17.0. The third-order valence-corrected chi connectivity index (χ3v) is 5.35. The molecule has 1 aromatic heterocycles. The summed E-state index contributed by atoms with van der Waals surface area (Å²) in [7, 11) is 1.60. The minimum absolute atomic E-state index is 0.138. The molecule has 1 fully saturated rings. The van der Waals surface area contributed by atoms with E-state index in [-0.39, 0.29) is 23.5 Å². The smallest absolute Gasteiger partial charge is 0.255 e. The van der Waals surface area contributed by atoms with Gasteiger partial charge in [0.15, 0.2) is 11.0 Å². The maximum Gasteiger partial charge on any atom is 0.255 e. The summed E-state index contributed by atoms with van der Waals surface area (Å²) in [5, 5.41) is 3.41. The number of hydrogen-bond donors (Lipinski definition) is 1. The summed E-state index contributed by atoms with van der Waals surface area (Å²) in [6.45, 7) is 2.74. The second-order valence-corrected chi connectivity index (χ2v) is 7.15. The summed E-state index contributed by atoms with van der Waals surface area (Å²) in [5.41, 5.74) is 1.80. The lowest BCUT2D eigenvalue weighted by molar-refractivity contribution is -0.0479. The number of fused-ring (bicyclic) bond motifs is 1. The molecule has 6 heteroatoms. The molecule has 6 nitrogen and oxygen atoms in total. The van der Waals surface area contributed by atoms with Crippen LogP contribution in [0.25, 0.3) is 22.3 Å². The SMILES string of the molecule is CO[C@@H]1COCC[C@H]1NC(=O)c1cccc2c(=O)c(C)c(-c3ccccc3)oc12. The van der Waals surface area contributed by atoms with Gasteiger partial charge in [0, 0.05) is 24.8 Å². The van der Waals surface area contributed by atoms with Crippen LogP contribution in [0.5, 0.6) is 0 Å². The first-order valence-corrected chi connectivity index (χ1v) is 9.63. The molecule has 29 heavy (non-hydrogen) atoms. The van der Waals surface area contributed by atoms with E-state index < -0.39 is 0 Å². The number of amides is 1. The van der Waals surface area contributed by atoms with Crippen molar-refractivity contribution in [2.45, 2.75) is 25.5 Å². The number of methoxy groups -OCH3 is 1. The lowest BCUT2D eigenvalue weighted by atomic mass is 10.0. The predicted molar refractivity (Wildman–Crippen MR) is 110 cm³/mol. The zero-order chi connectivity index (χ0) is 20.4. The van der Waals surface area contributed by atoms with Gasteiger partial charge >= 0.3 is 0 Å². The largest absolute Gasteiger partial charge is 0.455 e. The van der Waals surface area contributed by atoms with Gasteiger partial charge in [0.05, 0.1) is 23.6 Å². The van der Waals surface area contributed by atoms with E-state index in [2.05, 4.69) is 5.32 Å². The minimum atomic E-state index is -0.296. The molecular weight excluding hydrogens is 370 g/mol. The van der Waals surface area contributed by atoms with E-state index in [1.165, 1.54) is 0 Å². The normalized spacial score (nSPS) is 19.2. The summed E-state index contributed by atoms with van der Waals surface area (Å²) in [5.74, 6) is 0.180. The van der Waals surface area contributed by atoms with Crippen LogP contribution in [0.4, 0.5) is 0 Å². The van der Waals surface area contributed by atoms with Gasteiger partial charge in [-0.15, -0.1) is 0 Å². The Morgan fingerprint density at radius 3 is 2.69 bits per heavy atom. The second-order valence-electron chi connectivity index (χ2n) is 7.15. The third-order valence-electron chi connectivity index (χ3n) is 5.35. The number of ether oxygens (including phenoxy) is 2. The molecule has 0 aliphatic carbocycles. The van der Waals surface area contributed by atoms with Crippen molar-refractivity contribution in [3.63, 3.8) is 0 Å². The zero-order valence-corrected chi connectivity index (χ0v) is 16.4. The maximum atomic E-state index is 13.1. The molecule has 2 atom stereocenters. The Kier molecular flexibility index (Phi) is 5.47. The quantitative estimate of drug-likeness (QED) is 0.736. The van der Waals surface area contributed by atoms with Gasteiger partial charge in [-0.25, -0.2) is 0 Å². The molecule has 150 valence electrons. The van der Waals surface area contributed by atoms with Gasteiger partial charge in [0.25, 0.3) is 5.91 Å². The van der Waals surface area contributed by atoms with E-state index in [0.29, 0.717) is 47.5 Å². The van der Waals surface area contributed by atoms with Crippen molar-refractivity contribution in [2.24, 2.45) is 0 Å². The fourth-order valence-corrected chi connectivity index (χ4v) is 3.71. The van der Waals surface area contributed by atoms with Gasteiger partial charge in [0.1, 0.15) is 11.9 Å². The standard InChI is InChI=1S/C23H23NO5/c1-14-20(25)16-9-6-10-17(22(16)29-21(14)15-7-4-3-5-8-15)23(26)24-18-11-12-28-13-19(18)27-2/h3-10,18-19H,11-13H2,1-2H3,(H,24,26)/t18-,19-/m1/s1. The predicted octanol–water partition coefficient (Wildman–Crippen LogP) is 3.30. The summed E-state index contributed by atoms with van der Waals surface area (Å²) in [6, 6.07) is 14.3. The first kappa shape index (κ1) is 19.4. The molecule has 4 rings (SSSR count). The van der Waals surface area contributed by atoms with Gasteiger partial charge in [-0.3, -0.25) is 9.59 Å². The molecule has 2 heterocycles. The maximum absolute atomic E-state index is 13.1. The highest BCUT2D eigenvalue weighted by atomic mass is 16.5. The highest BCUT2D eigenvalue weighted by Crippen LogP contribution is 2.27. The van der Waals surface area contributed by atoms with Gasteiger partial charge in [-0.05, 0) is 25.5 Å². The average molecular weight is 393 g/mol. The number of hydrogen-bond acceptors (Lipinski definition) is 5. The van der Waals surface area contributed by atoms with Crippen LogP contribution in [0, 0.1) is 6.92 Å². The molecule has 2 aromatic carbocycles. The van der Waals surface area contributed by atoms with Gasteiger partial charge in [-0.2, -0.15) is 0 Å². The highest BCUT2D eigenvalue weighted by Gasteiger charge is 2.28. The van der Waals surface area contributed by atoms with Crippen molar-refractivity contribution in [1.29, 1.82) is 0 Å². The van der Waals surface area contributed by atoms with E-state index in [9.17, 15) is 9.59 Å². The Morgan fingerprint density at radius 1 is 1.14 bits per heavy atom. The van der Waals surface area contributed by atoms with E-state index in [4.69, 9.17) is 13.9 Å². The average Bonchev–Trinajstić information content (AvgIpc) is 2.76. The van der Waals surface area contributed by atoms with Crippen LogP contribution in [0.15, 0.2) is 57.7 Å². The first-order valence-electron chi connectivity index (χ1n) is 9.63. The van der Waals surface area contributed by atoms with Crippen molar-refractivity contribution in [3.05, 3.63) is 69.9 Å². The van der Waals surface area contributed by atoms with Gasteiger partial charge in [0.2, 0.25) is 0 Å². The highest BCUT2D eigenvalue weighted by molar-refractivity contribution is 6.05. The Hall–Kier alpha value is -2.96. The zero-order valence-electron chi connectivity index (χ0n) is 16.4. The van der Waals surface area contributed by atoms with Crippen molar-refractivity contribution in [1.82, 2.24) is 5.32 Å². The molecule has 1 aliphatic rings. The van der Waals surface area contributed by atoms with Crippen LogP contribution < -0.4 is 10.7 Å². The van der Waals surface area contributed by atoms with E-state index in [1.54, 1.807) is 32.2 Å². The van der Waals surface area contributed by atoms with Crippen LogP contribution in [-0.4, -0.2) is 38.4 Å². The minimum Gasteiger partial charge on any atom is -0.455 e. The second kappa shape index (κ2) is 8.19. The van der Waals surface area contributed by atoms with Crippen LogP contribution in [-0.2, 0) is 9.47 Å². The number of carbonyl (C=O) groups excluding carboxylic acids is 1. The molecule has 0 bridgehead atoms. The van der Waals surface area contributed by atoms with Crippen LogP contribution in [0.3, 0.4) is 0 Å². The third kappa shape index (κ3) is 3.69. The van der Waals surface area contributed by atoms with Crippen molar-refractivity contribution in [2.75, 3.05) is 20.3 Å². The first-order chi connectivity index (χ1) is 14.1. The number of nitrogens with one attached hydrogen (secondary N) is 1. The van der Waals surface area contributed by atoms with E-state index in [1.807, 2.05) is 30.3 Å². The molecule has 1 amide bonds. The Morgan fingerprint density at radius 2 is 1.93 bits per heavy atom. The van der Waals surface area contributed by atoms with Gasteiger partial charge < -0.3 is 19.2 Å². The topological polar surface area (TPSA) is 77.8 Å². The van der Waals surface area contributed by atoms with Crippen LogP contribution >= 0.6 is 0 Å². The number of carbonyl (C=O) groups is 1. The number of rotatable bonds is 4. The molecule has 1 N–H and O–H groups in total. The number of benzene rings is 2. The molecule has 0 unspecified atom stereocenters.